The number of nitrogens with zero attached hydrogens (tertiary/aromatic N) is 5. The molecule has 31 heavy (non-hydrogen) atoms. The van der Waals surface area contributed by atoms with Crippen molar-refractivity contribution < 1.29 is 9.84 Å². The van der Waals surface area contributed by atoms with E-state index in [0.717, 1.165) is 40.2 Å². The van der Waals surface area contributed by atoms with Crippen LogP contribution in [0.4, 0.5) is 0 Å². The fraction of sp³-hybridized carbons (Fsp3) is 0.348. The number of ether oxygens (including phenoxy) is 1. The monoisotopic (exact) mass is 438 g/mol. The molecular formula is C23H28N5O2S+. The van der Waals surface area contributed by atoms with E-state index in [1.807, 2.05) is 52.1 Å². The van der Waals surface area contributed by atoms with Crippen LogP contribution >= 0.6 is 0 Å². The molecular weight excluding hydrogens is 410 g/mol. The van der Waals surface area contributed by atoms with Crippen molar-refractivity contribution in [1.82, 2.24) is 24.3 Å². The van der Waals surface area contributed by atoms with Crippen molar-refractivity contribution in [2.45, 2.75) is 19.2 Å². The lowest BCUT2D eigenvalue weighted by atomic mass is 10.0. The Balaban J connectivity index is 1.59. The van der Waals surface area contributed by atoms with Gasteiger partial charge in [-0.15, -0.1) is 0 Å². The Hall–Kier alpha value is -2.68. The van der Waals surface area contributed by atoms with Gasteiger partial charge in [-0.05, 0) is 28.9 Å². The van der Waals surface area contributed by atoms with Gasteiger partial charge in [-0.1, -0.05) is 30.3 Å². The minimum absolute atomic E-state index is 0.0306. The average molecular weight is 439 g/mol. The smallest absolute Gasteiger partial charge is 0.145 e. The van der Waals surface area contributed by atoms with E-state index in [1.165, 1.54) is 0 Å². The van der Waals surface area contributed by atoms with Gasteiger partial charge >= 0.3 is 0 Å². The maximum absolute atomic E-state index is 9.57. The molecule has 8 heteroatoms. The third-order valence-corrected chi connectivity index (χ3v) is 6.19. The quantitative estimate of drug-likeness (QED) is 0.304. The van der Waals surface area contributed by atoms with E-state index in [2.05, 4.69) is 39.7 Å². The van der Waals surface area contributed by atoms with Gasteiger partial charge in [-0.25, -0.2) is 9.97 Å². The minimum Gasteiger partial charge on any atom is -0.396 e. The summed E-state index contributed by atoms with van der Waals surface area (Å²) in [6, 6.07) is 12.1. The summed E-state index contributed by atoms with van der Waals surface area (Å²) in [5.74, 6) is 1.06. The summed E-state index contributed by atoms with van der Waals surface area (Å²) in [4.78, 5) is 9.01. The first kappa shape index (κ1) is 21.5. The Bertz CT molecular complexity index is 1110. The minimum atomic E-state index is -0.0306. The lowest BCUT2D eigenvalue weighted by molar-refractivity contribution is 0.0924. The van der Waals surface area contributed by atoms with Crippen LogP contribution in [-0.2, 0) is 22.4 Å². The highest BCUT2D eigenvalue weighted by Crippen LogP contribution is 2.28. The second-order valence-corrected chi connectivity index (χ2v) is 10.00. The number of aromatic nitrogens is 5. The van der Waals surface area contributed by atoms with Crippen LogP contribution in [0.3, 0.4) is 0 Å². The molecule has 0 bridgehead atoms. The molecule has 0 aliphatic rings. The second-order valence-electron chi connectivity index (χ2n) is 7.62. The Morgan fingerprint density at radius 2 is 1.97 bits per heavy atom. The van der Waals surface area contributed by atoms with Gasteiger partial charge in [0.25, 0.3) is 0 Å². The number of aliphatic hydroxyl groups is 1. The molecule has 4 aromatic rings. The summed E-state index contributed by atoms with van der Waals surface area (Å²) in [6.45, 7) is 1.31. The van der Waals surface area contributed by atoms with Crippen LogP contribution in [0.25, 0.3) is 22.3 Å². The molecule has 3 aromatic heterocycles. The van der Waals surface area contributed by atoms with Gasteiger partial charge in [0, 0.05) is 30.0 Å². The Morgan fingerprint density at radius 1 is 1.13 bits per heavy atom. The van der Waals surface area contributed by atoms with E-state index in [1.54, 1.807) is 6.33 Å². The first-order valence-corrected chi connectivity index (χ1v) is 12.5. The Labute approximate surface area is 185 Å². The summed E-state index contributed by atoms with van der Waals surface area (Å²) in [5.41, 5.74) is 3.73. The summed E-state index contributed by atoms with van der Waals surface area (Å²) in [5, 5.41) is 15.1. The van der Waals surface area contributed by atoms with Gasteiger partial charge < -0.3 is 14.4 Å². The van der Waals surface area contributed by atoms with Crippen molar-refractivity contribution in [3.63, 3.8) is 0 Å². The molecule has 0 amide bonds. The molecule has 1 N–H and O–H groups in total. The van der Waals surface area contributed by atoms with Crippen LogP contribution < -0.4 is 0 Å². The molecule has 7 nitrogen and oxygen atoms in total. The summed E-state index contributed by atoms with van der Waals surface area (Å²) in [7, 11) is 0.378. The van der Waals surface area contributed by atoms with Gasteiger partial charge in [0.05, 0.1) is 37.1 Å². The molecule has 0 saturated carbocycles. The Morgan fingerprint density at radius 3 is 2.74 bits per heavy atom. The number of rotatable bonds is 10. The highest BCUT2D eigenvalue weighted by molar-refractivity contribution is 7.95. The maximum Gasteiger partial charge on any atom is 0.145 e. The largest absolute Gasteiger partial charge is 0.396 e. The highest BCUT2D eigenvalue weighted by Gasteiger charge is 2.17. The van der Waals surface area contributed by atoms with Gasteiger partial charge in [0.2, 0.25) is 0 Å². The molecule has 1 atom stereocenters. The standard InChI is InChI=1S/C23H28N5O2S/c1-31(2)13-12-30-17-27-10-8-20-22(24-16-25-23(20)27)19-14-26-28(15-19)21(9-11-29)18-6-4-3-5-7-18/h3-8,10,14-16,21,29H,9,11-13,17H2,1-2H3/q+1. The summed E-state index contributed by atoms with van der Waals surface area (Å²) >= 11 is 0. The van der Waals surface area contributed by atoms with Crippen LogP contribution in [0.15, 0.2) is 61.3 Å². The number of hydrogen-bond donors (Lipinski definition) is 1. The average Bonchev–Trinajstić information content (AvgIpc) is 3.43. The van der Waals surface area contributed by atoms with Crippen LogP contribution in [0.1, 0.15) is 18.0 Å². The van der Waals surface area contributed by atoms with Crippen LogP contribution in [-0.4, -0.2) is 60.9 Å². The predicted molar refractivity (Wildman–Crippen MR) is 125 cm³/mol. The third-order valence-electron chi connectivity index (χ3n) is 5.20. The van der Waals surface area contributed by atoms with E-state index >= 15 is 0 Å². The van der Waals surface area contributed by atoms with Crippen molar-refractivity contribution in [3.05, 3.63) is 66.9 Å². The van der Waals surface area contributed by atoms with E-state index < -0.39 is 0 Å². The van der Waals surface area contributed by atoms with Gasteiger partial charge in [-0.2, -0.15) is 5.10 Å². The molecule has 0 radical (unpaired) electrons. The molecule has 4 rings (SSSR count). The van der Waals surface area contributed by atoms with Gasteiger partial charge in [0.15, 0.2) is 0 Å². The van der Waals surface area contributed by atoms with Crippen LogP contribution in [0.5, 0.6) is 0 Å². The first-order chi connectivity index (χ1) is 15.2. The molecule has 3 heterocycles. The maximum atomic E-state index is 9.57. The van der Waals surface area contributed by atoms with Crippen molar-refractivity contribution in [3.8, 4) is 11.3 Å². The zero-order chi connectivity index (χ0) is 21.6. The number of fused-ring (bicyclic) bond motifs is 1. The van der Waals surface area contributed by atoms with E-state index in [0.29, 0.717) is 24.0 Å². The second kappa shape index (κ2) is 10.1. The number of benzene rings is 1. The summed E-state index contributed by atoms with van der Waals surface area (Å²) < 4.78 is 9.73. The van der Waals surface area contributed by atoms with Gasteiger partial charge in [-0.3, -0.25) is 4.68 Å². The van der Waals surface area contributed by atoms with Crippen molar-refractivity contribution in [1.29, 1.82) is 0 Å². The molecule has 0 aliphatic carbocycles. The lowest BCUT2D eigenvalue weighted by Gasteiger charge is -2.16. The van der Waals surface area contributed by atoms with Crippen molar-refractivity contribution >= 4 is 21.9 Å². The van der Waals surface area contributed by atoms with Crippen LogP contribution in [0, 0.1) is 0 Å². The highest BCUT2D eigenvalue weighted by atomic mass is 32.2. The van der Waals surface area contributed by atoms with E-state index in [4.69, 9.17) is 4.74 Å². The van der Waals surface area contributed by atoms with Crippen LogP contribution in [0.2, 0.25) is 0 Å². The topological polar surface area (TPSA) is 78.0 Å². The van der Waals surface area contributed by atoms with Gasteiger partial charge in [0.1, 0.15) is 24.5 Å². The zero-order valence-corrected chi connectivity index (χ0v) is 18.7. The first-order valence-electron chi connectivity index (χ1n) is 10.3. The normalized spacial score (nSPS) is 12.6. The summed E-state index contributed by atoms with van der Waals surface area (Å²) in [6.07, 6.45) is 12.4. The molecule has 0 saturated heterocycles. The molecule has 1 aromatic carbocycles. The molecule has 0 aliphatic heterocycles. The molecule has 1 unspecified atom stereocenters. The number of hydrogen-bond acceptors (Lipinski definition) is 5. The zero-order valence-electron chi connectivity index (χ0n) is 17.9. The SMILES string of the molecule is C[S+](C)CCOCn1ccc2c(-c3cnn(C(CCO)c4ccccc4)c3)ncnc21. The fourth-order valence-corrected chi connectivity index (χ4v) is 4.06. The van der Waals surface area contributed by atoms with Crippen molar-refractivity contribution in [2.24, 2.45) is 0 Å². The van der Waals surface area contributed by atoms with E-state index in [9.17, 15) is 5.11 Å². The lowest BCUT2D eigenvalue weighted by Crippen LogP contribution is -2.12. The molecule has 0 spiro atoms. The number of aliphatic hydroxyl groups excluding tert-OH is 1. The van der Waals surface area contributed by atoms with Crippen molar-refractivity contribution in [2.75, 3.05) is 31.5 Å². The fourth-order valence-electron chi connectivity index (χ4n) is 3.61. The Kier molecular flexibility index (Phi) is 7.01. The van der Waals surface area contributed by atoms with E-state index in [-0.39, 0.29) is 12.6 Å². The molecule has 162 valence electrons. The molecule has 0 fully saturated rings. The third kappa shape index (κ3) is 4.98. The predicted octanol–water partition coefficient (Wildman–Crippen LogP) is 3.12.